The standard InChI is InChI=1S/C14H19ClN2O/c1-16-9-14(6-3-7-14)10-17-13(18)11-4-2-5-12(15)8-11/h2,4-5,8,16H,3,6-7,9-10H2,1H3,(H,17,18). The Bertz CT molecular complexity index is 430. The lowest BCUT2D eigenvalue weighted by atomic mass is 9.68. The second-order valence-corrected chi connectivity index (χ2v) is 5.51. The highest BCUT2D eigenvalue weighted by molar-refractivity contribution is 6.30. The summed E-state index contributed by atoms with van der Waals surface area (Å²) in [5.41, 5.74) is 0.879. The third kappa shape index (κ3) is 3.03. The molecule has 1 aromatic rings. The first kappa shape index (κ1) is 13.4. The van der Waals surface area contributed by atoms with Gasteiger partial charge in [0.1, 0.15) is 0 Å². The van der Waals surface area contributed by atoms with Gasteiger partial charge in [0.15, 0.2) is 0 Å². The Hall–Kier alpha value is -1.06. The third-order valence-corrected chi connectivity index (χ3v) is 3.91. The zero-order valence-corrected chi connectivity index (χ0v) is 11.4. The molecule has 98 valence electrons. The zero-order chi connectivity index (χ0) is 13.0. The van der Waals surface area contributed by atoms with Crippen molar-refractivity contribution in [2.45, 2.75) is 19.3 Å². The van der Waals surface area contributed by atoms with Crippen molar-refractivity contribution in [2.24, 2.45) is 5.41 Å². The molecule has 0 aromatic heterocycles. The van der Waals surface area contributed by atoms with Gasteiger partial charge in [-0.05, 0) is 38.1 Å². The molecule has 1 amide bonds. The van der Waals surface area contributed by atoms with E-state index in [1.54, 1.807) is 24.3 Å². The van der Waals surface area contributed by atoms with Crippen LogP contribution in [-0.4, -0.2) is 26.0 Å². The lowest BCUT2D eigenvalue weighted by Crippen LogP contribution is -2.47. The number of rotatable bonds is 5. The molecule has 1 saturated carbocycles. The molecule has 3 nitrogen and oxygen atoms in total. The van der Waals surface area contributed by atoms with Gasteiger partial charge >= 0.3 is 0 Å². The zero-order valence-electron chi connectivity index (χ0n) is 10.6. The highest BCUT2D eigenvalue weighted by atomic mass is 35.5. The number of nitrogens with one attached hydrogen (secondary N) is 2. The molecule has 0 saturated heterocycles. The van der Waals surface area contributed by atoms with Crippen LogP contribution in [0.25, 0.3) is 0 Å². The fourth-order valence-corrected chi connectivity index (χ4v) is 2.66. The van der Waals surface area contributed by atoms with Gasteiger partial charge in [-0.15, -0.1) is 0 Å². The summed E-state index contributed by atoms with van der Waals surface area (Å²) >= 11 is 5.88. The van der Waals surface area contributed by atoms with Crippen LogP contribution in [0.5, 0.6) is 0 Å². The van der Waals surface area contributed by atoms with Gasteiger partial charge in [-0.1, -0.05) is 24.1 Å². The third-order valence-electron chi connectivity index (χ3n) is 3.68. The molecule has 4 heteroatoms. The van der Waals surface area contributed by atoms with E-state index in [1.807, 2.05) is 7.05 Å². The Morgan fingerprint density at radius 3 is 2.72 bits per heavy atom. The molecule has 0 radical (unpaired) electrons. The van der Waals surface area contributed by atoms with Crippen LogP contribution >= 0.6 is 11.6 Å². The summed E-state index contributed by atoms with van der Waals surface area (Å²) in [4.78, 5) is 12.0. The molecule has 0 spiro atoms. The van der Waals surface area contributed by atoms with Crippen LogP contribution in [-0.2, 0) is 0 Å². The quantitative estimate of drug-likeness (QED) is 0.860. The predicted molar refractivity (Wildman–Crippen MR) is 74.0 cm³/mol. The molecule has 1 fully saturated rings. The Balaban J connectivity index is 1.92. The average Bonchev–Trinajstić information content (AvgIpc) is 2.32. The van der Waals surface area contributed by atoms with E-state index in [0.717, 1.165) is 13.1 Å². The largest absolute Gasteiger partial charge is 0.351 e. The van der Waals surface area contributed by atoms with Gasteiger partial charge in [-0.2, -0.15) is 0 Å². The van der Waals surface area contributed by atoms with Gasteiger partial charge in [0.25, 0.3) is 5.91 Å². The smallest absolute Gasteiger partial charge is 0.251 e. The Kier molecular flexibility index (Phi) is 4.25. The lowest BCUT2D eigenvalue weighted by Gasteiger charge is -2.42. The Morgan fingerprint density at radius 1 is 1.39 bits per heavy atom. The number of halogens is 1. The summed E-state index contributed by atoms with van der Waals surface area (Å²) in [6.45, 7) is 1.70. The molecule has 1 aromatic carbocycles. The highest BCUT2D eigenvalue weighted by Crippen LogP contribution is 2.39. The van der Waals surface area contributed by atoms with E-state index >= 15 is 0 Å². The maximum absolute atomic E-state index is 12.0. The second kappa shape index (κ2) is 5.72. The second-order valence-electron chi connectivity index (χ2n) is 5.08. The van der Waals surface area contributed by atoms with Crippen LogP contribution in [0.3, 0.4) is 0 Å². The molecule has 0 aliphatic heterocycles. The highest BCUT2D eigenvalue weighted by Gasteiger charge is 2.36. The van der Waals surface area contributed by atoms with Crippen molar-refractivity contribution in [1.29, 1.82) is 0 Å². The van der Waals surface area contributed by atoms with Gasteiger partial charge in [-0.25, -0.2) is 0 Å². The summed E-state index contributed by atoms with van der Waals surface area (Å²) in [7, 11) is 1.96. The summed E-state index contributed by atoms with van der Waals surface area (Å²) < 4.78 is 0. The van der Waals surface area contributed by atoms with E-state index in [4.69, 9.17) is 11.6 Å². The van der Waals surface area contributed by atoms with Crippen LogP contribution in [0, 0.1) is 5.41 Å². The summed E-state index contributed by atoms with van der Waals surface area (Å²) in [5, 5.41) is 6.82. The summed E-state index contributed by atoms with van der Waals surface area (Å²) in [6, 6.07) is 7.05. The van der Waals surface area contributed by atoms with Crippen molar-refractivity contribution >= 4 is 17.5 Å². The molecule has 0 unspecified atom stereocenters. The van der Waals surface area contributed by atoms with Gasteiger partial charge in [0.2, 0.25) is 0 Å². The number of carbonyl (C=O) groups is 1. The van der Waals surface area contributed by atoms with E-state index < -0.39 is 0 Å². The predicted octanol–water partition coefficient (Wildman–Crippen LogP) is 2.46. The van der Waals surface area contributed by atoms with Crippen molar-refractivity contribution in [3.63, 3.8) is 0 Å². The average molecular weight is 267 g/mol. The molecule has 2 rings (SSSR count). The molecular formula is C14H19ClN2O. The minimum absolute atomic E-state index is 0.0418. The van der Waals surface area contributed by atoms with Crippen LogP contribution in [0.15, 0.2) is 24.3 Å². The first-order valence-corrected chi connectivity index (χ1v) is 6.71. The van der Waals surface area contributed by atoms with Crippen molar-refractivity contribution in [3.05, 3.63) is 34.9 Å². The van der Waals surface area contributed by atoms with Gasteiger partial charge in [0, 0.05) is 29.1 Å². The van der Waals surface area contributed by atoms with E-state index in [-0.39, 0.29) is 11.3 Å². The Morgan fingerprint density at radius 2 is 2.17 bits per heavy atom. The molecule has 0 atom stereocenters. The summed E-state index contributed by atoms with van der Waals surface area (Å²) in [5.74, 6) is -0.0418. The molecular weight excluding hydrogens is 248 g/mol. The number of hydrogen-bond acceptors (Lipinski definition) is 2. The maximum Gasteiger partial charge on any atom is 0.251 e. The molecule has 1 aliphatic carbocycles. The number of amides is 1. The van der Waals surface area contributed by atoms with E-state index in [2.05, 4.69) is 10.6 Å². The van der Waals surface area contributed by atoms with Crippen molar-refractivity contribution in [1.82, 2.24) is 10.6 Å². The first-order chi connectivity index (χ1) is 8.65. The fraction of sp³-hybridized carbons (Fsp3) is 0.500. The molecule has 0 bridgehead atoms. The van der Waals surface area contributed by atoms with E-state index in [0.29, 0.717) is 10.6 Å². The molecule has 18 heavy (non-hydrogen) atoms. The van der Waals surface area contributed by atoms with Gasteiger partial charge < -0.3 is 10.6 Å². The number of hydrogen-bond donors (Lipinski definition) is 2. The van der Waals surface area contributed by atoms with Gasteiger partial charge in [-0.3, -0.25) is 4.79 Å². The SMILES string of the molecule is CNCC1(CNC(=O)c2cccc(Cl)c2)CCC1. The van der Waals surface area contributed by atoms with Crippen LogP contribution < -0.4 is 10.6 Å². The first-order valence-electron chi connectivity index (χ1n) is 6.34. The monoisotopic (exact) mass is 266 g/mol. The number of carbonyl (C=O) groups excluding carboxylic acids is 1. The van der Waals surface area contributed by atoms with Crippen molar-refractivity contribution in [2.75, 3.05) is 20.1 Å². The number of benzene rings is 1. The summed E-state index contributed by atoms with van der Waals surface area (Å²) in [6.07, 6.45) is 3.63. The molecule has 1 aliphatic rings. The molecule has 2 N–H and O–H groups in total. The van der Waals surface area contributed by atoms with E-state index in [9.17, 15) is 4.79 Å². The maximum atomic E-state index is 12.0. The van der Waals surface area contributed by atoms with Crippen molar-refractivity contribution < 1.29 is 4.79 Å². The van der Waals surface area contributed by atoms with E-state index in [1.165, 1.54) is 19.3 Å². The minimum atomic E-state index is -0.0418. The van der Waals surface area contributed by atoms with Crippen LogP contribution in [0.2, 0.25) is 5.02 Å². The minimum Gasteiger partial charge on any atom is -0.351 e. The molecule has 0 heterocycles. The van der Waals surface area contributed by atoms with Crippen LogP contribution in [0.4, 0.5) is 0 Å². The topological polar surface area (TPSA) is 41.1 Å². The van der Waals surface area contributed by atoms with Gasteiger partial charge in [0.05, 0.1) is 0 Å². The lowest BCUT2D eigenvalue weighted by molar-refractivity contribution is 0.0862. The van der Waals surface area contributed by atoms with Crippen molar-refractivity contribution in [3.8, 4) is 0 Å². The normalized spacial score (nSPS) is 17.0. The fourth-order valence-electron chi connectivity index (χ4n) is 2.47. The Labute approximate surface area is 113 Å². The van der Waals surface area contributed by atoms with Crippen LogP contribution in [0.1, 0.15) is 29.6 Å².